The van der Waals surface area contributed by atoms with Crippen molar-refractivity contribution >= 4 is 18.3 Å². The van der Waals surface area contributed by atoms with Crippen LogP contribution in [0.3, 0.4) is 0 Å². The van der Waals surface area contributed by atoms with E-state index >= 15 is 0 Å². The smallest absolute Gasteiger partial charge is 0.354 e. The third kappa shape index (κ3) is 2.31. The van der Waals surface area contributed by atoms with Crippen LogP contribution in [0.4, 0.5) is 0 Å². The molecule has 0 spiro atoms. The molecule has 80 valence electrons. The molecule has 0 amide bonds. The Bertz CT molecular complexity index is 419. The fourth-order valence-electron chi connectivity index (χ4n) is 1.37. The highest BCUT2D eigenvalue weighted by Crippen LogP contribution is 2.15. The summed E-state index contributed by atoms with van der Waals surface area (Å²) >= 11 is 0. The topological polar surface area (TPSA) is 72.2 Å². The van der Waals surface area contributed by atoms with Crippen LogP contribution in [-0.4, -0.2) is 27.1 Å². The molecule has 1 N–H and O–H groups in total. The van der Waals surface area contributed by atoms with Gasteiger partial charge in [-0.05, 0) is 6.92 Å². The summed E-state index contributed by atoms with van der Waals surface area (Å²) in [5.41, 5.74) is 1.32. The van der Waals surface area contributed by atoms with Gasteiger partial charge in [0, 0.05) is 19.0 Å². The molecule has 1 rings (SSSR count). The summed E-state index contributed by atoms with van der Waals surface area (Å²) < 4.78 is 1.32. The first kappa shape index (κ1) is 11.2. The average molecular weight is 208 g/mol. The van der Waals surface area contributed by atoms with Crippen molar-refractivity contribution in [3.8, 4) is 0 Å². The molecule has 0 fully saturated rings. The molecule has 15 heavy (non-hydrogen) atoms. The molecule has 0 aliphatic heterocycles. The Hall–Kier alpha value is -1.91. The largest absolute Gasteiger partial charge is 0.477 e. The number of carboxylic acids is 1. The van der Waals surface area contributed by atoms with Gasteiger partial charge in [0.25, 0.3) is 0 Å². The SMILES string of the molecule is Cc1nn(C)c(C(=O)O)c1C=CCC=O. The van der Waals surface area contributed by atoms with Crippen LogP contribution in [0.1, 0.15) is 28.2 Å². The summed E-state index contributed by atoms with van der Waals surface area (Å²) in [6.07, 6.45) is 4.25. The van der Waals surface area contributed by atoms with Crippen molar-refractivity contribution < 1.29 is 14.7 Å². The molecule has 0 atom stereocenters. The van der Waals surface area contributed by atoms with Crippen LogP contribution >= 0.6 is 0 Å². The van der Waals surface area contributed by atoms with Gasteiger partial charge >= 0.3 is 5.97 Å². The van der Waals surface area contributed by atoms with Gasteiger partial charge in [-0.1, -0.05) is 12.2 Å². The molecule has 0 aliphatic carbocycles. The molecule has 0 unspecified atom stereocenters. The highest BCUT2D eigenvalue weighted by molar-refractivity contribution is 5.90. The number of carbonyl (C=O) groups is 2. The minimum absolute atomic E-state index is 0.134. The summed E-state index contributed by atoms with van der Waals surface area (Å²) in [5.74, 6) is -1.02. The Morgan fingerprint density at radius 1 is 1.60 bits per heavy atom. The van der Waals surface area contributed by atoms with E-state index in [1.807, 2.05) is 0 Å². The van der Waals surface area contributed by atoms with Gasteiger partial charge in [0.1, 0.15) is 6.29 Å². The van der Waals surface area contributed by atoms with Gasteiger partial charge < -0.3 is 9.90 Å². The average Bonchev–Trinajstić information content (AvgIpc) is 2.42. The Labute approximate surface area is 87.0 Å². The number of aromatic carboxylic acids is 1. The summed E-state index contributed by atoms with van der Waals surface area (Å²) in [7, 11) is 1.58. The van der Waals surface area contributed by atoms with Gasteiger partial charge in [0.2, 0.25) is 0 Å². The molecule has 5 nitrogen and oxygen atoms in total. The zero-order valence-corrected chi connectivity index (χ0v) is 8.60. The van der Waals surface area contributed by atoms with Crippen LogP contribution in [0, 0.1) is 6.92 Å². The molecule has 1 aromatic rings. The van der Waals surface area contributed by atoms with Gasteiger partial charge in [-0.15, -0.1) is 0 Å². The molecule has 0 saturated carbocycles. The lowest BCUT2D eigenvalue weighted by Crippen LogP contribution is -2.06. The van der Waals surface area contributed by atoms with E-state index < -0.39 is 5.97 Å². The first-order valence-corrected chi connectivity index (χ1v) is 4.45. The van der Waals surface area contributed by atoms with Gasteiger partial charge in [0.05, 0.1) is 5.69 Å². The van der Waals surface area contributed by atoms with Crippen molar-refractivity contribution in [3.05, 3.63) is 23.0 Å². The zero-order valence-electron chi connectivity index (χ0n) is 8.60. The number of aryl methyl sites for hydroxylation is 2. The highest BCUT2D eigenvalue weighted by Gasteiger charge is 2.16. The first-order chi connectivity index (χ1) is 7.07. The third-order valence-corrected chi connectivity index (χ3v) is 1.99. The van der Waals surface area contributed by atoms with Crippen molar-refractivity contribution in [2.45, 2.75) is 13.3 Å². The Balaban J connectivity index is 3.14. The monoisotopic (exact) mass is 208 g/mol. The van der Waals surface area contributed by atoms with Crippen LogP contribution < -0.4 is 0 Å². The Morgan fingerprint density at radius 2 is 2.27 bits per heavy atom. The number of aldehydes is 1. The number of rotatable bonds is 4. The second-order valence-corrected chi connectivity index (χ2v) is 3.08. The fourth-order valence-corrected chi connectivity index (χ4v) is 1.37. The van der Waals surface area contributed by atoms with E-state index in [9.17, 15) is 9.59 Å². The molecule has 0 saturated heterocycles. The van der Waals surface area contributed by atoms with Crippen molar-refractivity contribution in [1.82, 2.24) is 9.78 Å². The highest BCUT2D eigenvalue weighted by atomic mass is 16.4. The lowest BCUT2D eigenvalue weighted by Gasteiger charge is -1.96. The predicted molar refractivity (Wildman–Crippen MR) is 54.6 cm³/mol. The summed E-state index contributed by atoms with van der Waals surface area (Å²) in [4.78, 5) is 21.0. The van der Waals surface area contributed by atoms with Crippen LogP contribution in [0.2, 0.25) is 0 Å². The van der Waals surface area contributed by atoms with E-state index in [1.54, 1.807) is 26.1 Å². The van der Waals surface area contributed by atoms with Gasteiger partial charge in [-0.3, -0.25) is 4.68 Å². The van der Waals surface area contributed by atoms with Crippen molar-refractivity contribution in [2.75, 3.05) is 0 Å². The maximum atomic E-state index is 10.9. The molecule has 0 aliphatic rings. The Kier molecular flexibility index (Phi) is 3.38. The van der Waals surface area contributed by atoms with E-state index in [0.29, 0.717) is 11.3 Å². The lowest BCUT2D eigenvalue weighted by atomic mass is 10.1. The summed E-state index contributed by atoms with van der Waals surface area (Å²) in [5, 5.41) is 13.0. The second-order valence-electron chi connectivity index (χ2n) is 3.08. The quantitative estimate of drug-likeness (QED) is 0.750. The number of hydrogen-bond acceptors (Lipinski definition) is 3. The standard InChI is InChI=1S/C10H12N2O3/c1-7-8(5-3-4-6-13)9(10(14)15)12(2)11-7/h3,5-6H,4H2,1-2H3,(H,14,15). The summed E-state index contributed by atoms with van der Waals surface area (Å²) in [6.45, 7) is 1.73. The molecular weight excluding hydrogens is 196 g/mol. The molecule has 0 radical (unpaired) electrons. The van der Waals surface area contributed by atoms with Crippen LogP contribution in [-0.2, 0) is 11.8 Å². The maximum absolute atomic E-state index is 10.9. The number of hydrogen-bond donors (Lipinski definition) is 1. The number of allylic oxidation sites excluding steroid dienone is 1. The van der Waals surface area contributed by atoms with Gasteiger partial charge in [0.15, 0.2) is 5.69 Å². The fraction of sp³-hybridized carbons (Fsp3) is 0.300. The van der Waals surface area contributed by atoms with Crippen molar-refractivity contribution in [1.29, 1.82) is 0 Å². The van der Waals surface area contributed by atoms with E-state index in [1.165, 1.54) is 4.68 Å². The van der Waals surface area contributed by atoms with E-state index in [0.717, 1.165) is 6.29 Å². The number of aromatic nitrogens is 2. The Morgan fingerprint density at radius 3 is 2.80 bits per heavy atom. The van der Waals surface area contributed by atoms with E-state index in [-0.39, 0.29) is 12.1 Å². The van der Waals surface area contributed by atoms with E-state index in [4.69, 9.17) is 5.11 Å². The number of carbonyl (C=O) groups excluding carboxylic acids is 1. The van der Waals surface area contributed by atoms with Crippen LogP contribution in [0.5, 0.6) is 0 Å². The molecular formula is C10H12N2O3. The van der Waals surface area contributed by atoms with Gasteiger partial charge in [-0.25, -0.2) is 4.79 Å². The zero-order chi connectivity index (χ0) is 11.4. The summed E-state index contributed by atoms with van der Waals surface area (Å²) in [6, 6.07) is 0. The maximum Gasteiger partial charge on any atom is 0.354 e. The molecule has 1 aromatic heterocycles. The van der Waals surface area contributed by atoms with E-state index in [2.05, 4.69) is 5.10 Å². The second kappa shape index (κ2) is 4.54. The molecule has 0 bridgehead atoms. The van der Waals surface area contributed by atoms with Crippen LogP contribution in [0.25, 0.3) is 6.08 Å². The molecule has 5 heteroatoms. The van der Waals surface area contributed by atoms with Crippen molar-refractivity contribution in [2.24, 2.45) is 7.05 Å². The first-order valence-electron chi connectivity index (χ1n) is 4.45. The number of carboxylic acid groups (broad SMARTS) is 1. The minimum atomic E-state index is -1.02. The normalized spacial score (nSPS) is 10.8. The molecule has 1 heterocycles. The minimum Gasteiger partial charge on any atom is -0.477 e. The lowest BCUT2D eigenvalue weighted by molar-refractivity contribution is -0.107. The predicted octanol–water partition coefficient (Wildman–Crippen LogP) is 1.03. The molecule has 0 aromatic carbocycles. The van der Waals surface area contributed by atoms with Gasteiger partial charge in [-0.2, -0.15) is 5.10 Å². The van der Waals surface area contributed by atoms with Crippen molar-refractivity contribution in [3.63, 3.8) is 0 Å². The number of nitrogens with zero attached hydrogens (tertiary/aromatic N) is 2. The third-order valence-electron chi connectivity index (χ3n) is 1.99. The van der Waals surface area contributed by atoms with Crippen LogP contribution in [0.15, 0.2) is 6.08 Å².